The van der Waals surface area contributed by atoms with E-state index in [1.807, 2.05) is 27.7 Å². The highest BCUT2D eigenvalue weighted by molar-refractivity contribution is 5.82. The van der Waals surface area contributed by atoms with Gasteiger partial charge in [0, 0.05) is 19.2 Å². The Balaban J connectivity index is 4.48. The van der Waals surface area contributed by atoms with Crippen LogP contribution in [0.1, 0.15) is 40.5 Å². The fraction of sp³-hybridized carbons (Fsp3) is 0.917. The minimum absolute atomic E-state index is 0.00204. The third-order valence-electron chi connectivity index (χ3n) is 3.01. The molecule has 0 aromatic rings. The Hall–Kier alpha value is -0.610. The van der Waals surface area contributed by atoms with Crippen LogP contribution in [0.5, 0.6) is 0 Å². The van der Waals surface area contributed by atoms with Crippen LogP contribution in [0.2, 0.25) is 0 Å². The van der Waals surface area contributed by atoms with E-state index in [9.17, 15) is 4.79 Å². The van der Waals surface area contributed by atoms with Gasteiger partial charge in [-0.15, -0.1) is 0 Å². The van der Waals surface area contributed by atoms with Crippen LogP contribution in [-0.2, 0) is 4.79 Å². The normalized spacial score (nSPS) is 14.9. The van der Waals surface area contributed by atoms with Crippen LogP contribution in [-0.4, -0.2) is 41.1 Å². The molecule has 3 N–H and O–H groups in total. The van der Waals surface area contributed by atoms with Gasteiger partial charge >= 0.3 is 0 Å². The molecule has 0 saturated carbocycles. The standard InChI is InChI=1S/C12H26N2O2/c1-5-10(4)11(13)12(16)14(9(2)3)7-6-8-15/h9-11,15H,5-8,13H2,1-4H3. The molecule has 16 heavy (non-hydrogen) atoms. The topological polar surface area (TPSA) is 66.6 Å². The SMILES string of the molecule is CCC(C)C(N)C(=O)N(CCCO)C(C)C. The molecule has 2 unspecified atom stereocenters. The first-order chi connectivity index (χ1) is 7.45. The molecule has 0 radical (unpaired) electrons. The summed E-state index contributed by atoms with van der Waals surface area (Å²) in [6.07, 6.45) is 1.51. The Labute approximate surface area is 98.8 Å². The number of nitrogens with two attached hydrogens (primary N) is 1. The number of hydrogen-bond donors (Lipinski definition) is 2. The minimum atomic E-state index is -0.425. The van der Waals surface area contributed by atoms with Crippen LogP contribution >= 0.6 is 0 Å². The molecule has 0 saturated heterocycles. The van der Waals surface area contributed by atoms with Crippen LogP contribution in [0.4, 0.5) is 0 Å². The molecule has 0 aliphatic rings. The predicted molar refractivity (Wildman–Crippen MR) is 66.0 cm³/mol. The van der Waals surface area contributed by atoms with Gasteiger partial charge in [-0.3, -0.25) is 4.79 Å². The van der Waals surface area contributed by atoms with E-state index in [1.54, 1.807) is 4.90 Å². The maximum absolute atomic E-state index is 12.1. The highest BCUT2D eigenvalue weighted by Gasteiger charge is 2.26. The van der Waals surface area contributed by atoms with Crippen LogP contribution < -0.4 is 5.73 Å². The van der Waals surface area contributed by atoms with Gasteiger partial charge in [0.25, 0.3) is 0 Å². The molecular formula is C12H26N2O2. The number of aliphatic hydroxyl groups is 1. The van der Waals surface area contributed by atoms with Crippen molar-refractivity contribution in [3.8, 4) is 0 Å². The smallest absolute Gasteiger partial charge is 0.239 e. The maximum atomic E-state index is 12.1. The lowest BCUT2D eigenvalue weighted by Gasteiger charge is -2.31. The largest absolute Gasteiger partial charge is 0.396 e. The van der Waals surface area contributed by atoms with Crippen molar-refractivity contribution in [2.45, 2.75) is 52.6 Å². The highest BCUT2D eigenvalue weighted by Crippen LogP contribution is 2.11. The molecule has 4 heteroatoms. The Bertz CT molecular complexity index is 207. The van der Waals surface area contributed by atoms with Gasteiger partial charge < -0.3 is 15.7 Å². The van der Waals surface area contributed by atoms with Crippen LogP contribution in [0, 0.1) is 5.92 Å². The number of carbonyl (C=O) groups excluding carboxylic acids is 1. The molecule has 0 rings (SSSR count). The molecule has 1 amide bonds. The van der Waals surface area contributed by atoms with E-state index in [4.69, 9.17) is 10.8 Å². The van der Waals surface area contributed by atoms with Crippen LogP contribution in [0.3, 0.4) is 0 Å². The summed E-state index contributed by atoms with van der Waals surface area (Å²) < 4.78 is 0. The van der Waals surface area contributed by atoms with Crippen molar-refractivity contribution in [3.05, 3.63) is 0 Å². The van der Waals surface area contributed by atoms with Gasteiger partial charge in [0.05, 0.1) is 6.04 Å². The Morgan fingerprint density at radius 1 is 1.38 bits per heavy atom. The number of amides is 1. The van der Waals surface area contributed by atoms with Crippen LogP contribution in [0.15, 0.2) is 0 Å². The van der Waals surface area contributed by atoms with Gasteiger partial charge in [-0.25, -0.2) is 0 Å². The average Bonchev–Trinajstić information content (AvgIpc) is 2.26. The van der Waals surface area contributed by atoms with Gasteiger partial charge in [-0.05, 0) is 26.2 Å². The maximum Gasteiger partial charge on any atom is 0.239 e. The van der Waals surface area contributed by atoms with Crippen molar-refractivity contribution < 1.29 is 9.90 Å². The van der Waals surface area contributed by atoms with Crippen molar-refractivity contribution in [1.29, 1.82) is 0 Å². The number of hydrogen-bond acceptors (Lipinski definition) is 3. The van der Waals surface area contributed by atoms with Gasteiger partial charge in [-0.2, -0.15) is 0 Å². The lowest BCUT2D eigenvalue weighted by atomic mass is 9.98. The lowest BCUT2D eigenvalue weighted by molar-refractivity contribution is -0.135. The van der Waals surface area contributed by atoms with E-state index in [0.717, 1.165) is 6.42 Å². The zero-order valence-electron chi connectivity index (χ0n) is 10.9. The summed E-state index contributed by atoms with van der Waals surface area (Å²) in [5.74, 6) is 0.195. The van der Waals surface area contributed by atoms with Crippen LogP contribution in [0.25, 0.3) is 0 Å². The molecule has 0 fully saturated rings. The Morgan fingerprint density at radius 3 is 2.31 bits per heavy atom. The molecule has 0 aliphatic heterocycles. The summed E-state index contributed by atoms with van der Waals surface area (Å²) in [5, 5.41) is 8.80. The first-order valence-electron chi connectivity index (χ1n) is 6.12. The monoisotopic (exact) mass is 230 g/mol. The molecule has 0 aromatic heterocycles. The predicted octanol–water partition coefficient (Wildman–Crippen LogP) is 0.979. The summed E-state index contributed by atoms with van der Waals surface area (Å²) in [6.45, 7) is 8.65. The molecule has 0 bridgehead atoms. The molecule has 0 heterocycles. The van der Waals surface area contributed by atoms with Crippen molar-refractivity contribution in [2.75, 3.05) is 13.2 Å². The van der Waals surface area contributed by atoms with Gasteiger partial charge in [0.1, 0.15) is 0 Å². The second-order valence-electron chi connectivity index (χ2n) is 4.61. The second-order valence-corrected chi connectivity index (χ2v) is 4.61. The summed E-state index contributed by atoms with van der Waals surface area (Å²) in [7, 11) is 0. The summed E-state index contributed by atoms with van der Waals surface area (Å²) >= 11 is 0. The fourth-order valence-corrected chi connectivity index (χ4v) is 1.55. The Morgan fingerprint density at radius 2 is 1.94 bits per heavy atom. The Kier molecular flexibility index (Phi) is 7.34. The molecule has 2 atom stereocenters. The van der Waals surface area contributed by atoms with Crippen molar-refractivity contribution >= 4 is 5.91 Å². The van der Waals surface area contributed by atoms with E-state index in [0.29, 0.717) is 13.0 Å². The molecule has 0 aromatic carbocycles. The molecule has 0 spiro atoms. The van der Waals surface area contributed by atoms with Crippen molar-refractivity contribution in [1.82, 2.24) is 4.90 Å². The van der Waals surface area contributed by atoms with E-state index in [1.165, 1.54) is 0 Å². The molecule has 96 valence electrons. The lowest BCUT2D eigenvalue weighted by Crippen LogP contribution is -2.50. The second kappa shape index (κ2) is 7.63. The summed E-state index contributed by atoms with van der Waals surface area (Å²) in [6, 6.07) is -0.291. The van der Waals surface area contributed by atoms with Gasteiger partial charge in [-0.1, -0.05) is 20.3 Å². The first kappa shape index (κ1) is 15.4. The third-order valence-corrected chi connectivity index (χ3v) is 3.01. The molecular weight excluding hydrogens is 204 g/mol. The van der Waals surface area contributed by atoms with Gasteiger partial charge in [0.15, 0.2) is 0 Å². The van der Waals surface area contributed by atoms with Crippen molar-refractivity contribution in [2.24, 2.45) is 11.7 Å². The van der Waals surface area contributed by atoms with E-state index < -0.39 is 6.04 Å². The molecule has 4 nitrogen and oxygen atoms in total. The number of carbonyl (C=O) groups is 1. The number of rotatable bonds is 7. The van der Waals surface area contributed by atoms with E-state index in [2.05, 4.69) is 0 Å². The fourth-order valence-electron chi connectivity index (χ4n) is 1.55. The van der Waals surface area contributed by atoms with Crippen molar-refractivity contribution in [3.63, 3.8) is 0 Å². The number of nitrogens with zero attached hydrogens (tertiary/aromatic N) is 1. The highest BCUT2D eigenvalue weighted by atomic mass is 16.3. The number of aliphatic hydroxyl groups excluding tert-OH is 1. The first-order valence-corrected chi connectivity index (χ1v) is 6.12. The quantitative estimate of drug-likeness (QED) is 0.685. The van der Waals surface area contributed by atoms with E-state index >= 15 is 0 Å². The minimum Gasteiger partial charge on any atom is -0.396 e. The summed E-state index contributed by atoms with van der Waals surface area (Å²) in [4.78, 5) is 13.9. The molecule has 0 aliphatic carbocycles. The third kappa shape index (κ3) is 4.49. The zero-order valence-corrected chi connectivity index (χ0v) is 10.9. The summed E-state index contributed by atoms with van der Waals surface area (Å²) in [5.41, 5.74) is 5.93. The van der Waals surface area contributed by atoms with E-state index in [-0.39, 0.29) is 24.5 Å². The zero-order chi connectivity index (χ0) is 12.7. The van der Waals surface area contributed by atoms with Gasteiger partial charge in [0.2, 0.25) is 5.91 Å². The average molecular weight is 230 g/mol.